The van der Waals surface area contributed by atoms with Crippen LogP contribution in [0.5, 0.6) is 0 Å². The highest BCUT2D eigenvalue weighted by atomic mass is 16.6. The summed E-state index contributed by atoms with van der Waals surface area (Å²) in [7, 11) is 0. The molecule has 0 aromatic heterocycles. The van der Waals surface area contributed by atoms with Gasteiger partial charge in [0.15, 0.2) is 0 Å². The smallest absolute Gasteiger partial charge is 0.407 e. The second kappa shape index (κ2) is 8.16. The number of carbonyl (C=O) groups is 1. The Morgan fingerprint density at radius 1 is 1.38 bits per heavy atom. The van der Waals surface area contributed by atoms with Crippen molar-refractivity contribution >= 4 is 6.09 Å². The van der Waals surface area contributed by atoms with Crippen molar-refractivity contribution in [3.8, 4) is 6.07 Å². The molecule has 1 heterocycles. The zero-order valence-corrected chi connectivity index (χ0v) is 14.8. The lowest BCUT2D eigenvalue weighted by Gasteiger charge is -2.32. The highest BCUT2D eigenvalue weighted by Crippen LogP contribution is 2.19. The Balaban J connectivity index is 1.71. The fraction of sp³-hybridized carbons (Fsp3) is 0.579. The largest absolute Gasteiger partial charge is 0.444 e. The second-order valence-electron chi connectivity index (χ2n) is 7.41. The van der Waals surface area contributed by atoms with E-state index in [2.05, 4.69) is 22.4 Å². The molecule has 0 saturated carbocycles. The number of alkyl carbamates (subject to hydrolysis) is 1. The fourth-order valence-corrected chi connectivity index (χ4v) is 2.89. The minimum absolute atomic E-state index is 0.335. The van der Waals surface area contributed by atoms with E-state index >= 15 is 0 Å². The van der Waals surface area contributed by atoms with Gasteiger partial charge in [0, 0.05) is 13.1 Å². The van der Waals surface area contributed by atoms with E-state index in [0.29, 0.717) is 18.0 Å². The minimum Gasteiger partial charge on any atom is -0.444 e. The van der Waals surface area contributed by atoms with Gasteiger partial charge in [-0.25, -0.2) is 4.79 Å². The maximum Gasteiger partial charge on any atom is 0.407 e. The molecule has 5 heteroatoms. The first-order chi connectivity index (χ1) is 11.4. The molecule has 1 saturated heterocycles. The van der Waals surface area contributed by atoms with E-state index in [1.54, 1.807) is 0 Å². The zero-order chi connectivity index (χ0) is 17.6. The van der Waals surface area contributed by atoms with E-state index in [-0.39, 0.29) is 6.09 Å². The third kappa shape index (κ3) is 6.21. The van der Waals surface area contributed by atoms with Gasteiger partial charge in [0.05, 0.1) is 11.6 Å². The first-order valence-electron chi connectivity index (χ1n) is 8.54. The molecule has 24 heavy (non-hydrogen) atoms. The Bertz CT molecular complexity index is 593. The third-order valence-electron chi connectivity index (χ3n) is 4.10. The lowest BCUT2D eigenvalue weighted by molar-refractivity contribution is 0.0509. The van der Waals surface area contributed by atoms with Crippen molar-refractivity contribution in [3.05, 3.63) is 35.4 Å². The number of hydrogen-bond donors (Lipinski definition) is 1. The average molecular weight is 329 g/mol. The quantitative estimate of drug-likeness (QED) is 0.920. The second-order valence-corrected chi connectivity index (χ2v) is 7.41. The topological polar surface area (TPSA) is 65.4 Å². The normalized spacial score (nSPS) is 16.4. The monoisotopic (exact) mass is 329 g/mol. The molecule has 2 rings (SSSR count). The number of nitrogens with zero attached hydrogens (tertiary/aromatic N) is 2. The first kappa shape index (κ1) is 18.3. The van der Waals surface area contributed by atoms with E-state index < -0.39 is 5.60 Å². The van der Waals surface area contributed by atoms with E-state index in [1.807, 2.05) is 39.0 Å². The van der Waals surface area contributed by atoms with Gasteiger partial charge in [0.2, 0.25) is 0 Å². The van der Waals surface area contributed by atoms with Crippen LogP contribution in [0.1, 0.15) is 44.7 Å². The molecule has 1 aliphatic rings. The van der Waals surface area contributed by atoms with Gasteiger partial charge < -0.3 is 10.1 Å². The highest BCUT2D eigenvalue weighted by molar-refractivity contribution is 5.67. The molecule has 1 aliphatic heterocycles. The first-order valence-corrected chi connectivity index (χ1v) is 8.54. The van der Waals surface area contributed by atoms with Crippen molar-refractivity contribution in [2.75, 3.05) is 19.6 Å². The molecule has 0 bridgehead atoms. The summed E-state index contributed by atoms with van der Waals surface area (Å²) < 4.78 is 5.26. The molecule has 1 aromatic rings. The number of nitriles is 1. The van der Waals surface area contributed by atoms with Crippen molar-refractivity contribution in [2.45, 2.75) is 45.8 Å². The van der Waals surface area contributed by atoms with E-state index in [1.165, 1.54) is 5.56 Å². The van der Waals surface area contributed by atoms with Crippen molar-refractivity contribution in [1.29, 1.82) is 5.26 Å². The number of likely N-dealkylation sites (tertiary alicyclic amines) is 1. The summed E-state index contributed by atoms with van der Waals surface area (Å²) in [5, 5.41) is 11.8. The molecule has 0 unspecified atom stereocenters. The molecule has 130 valence electrons. The standard InChI is InChI=1S/C19H27N3O2/c1-19(2,3)24-18(23)21-13-15-7-9-22(10-8-15)14-17-6-4-5-16(11-17)12-20/h4-6,11,15H,7-10,13-14H2,1-3H3,(H,21,23). The zero-order valence-electron chi connectivity index (χ0n) is 14.8. The molecule has 0 aliphatic carbocycles. The van der Waals surface area contributed by atoms with Crippen LogP contribution in [-0.4, -0.2) is 36.2 Å². The van der Waals surface area contributed by atoms with Crippen molar-refractivity contribution in [2.24, 2.45) is 5.92 Å². The summed E-state index contributed by atoms with van der Waals surface area (Å²) in [5.41, 5.74) is 1.44. The van der Waals surface area contributed by atoms with Gasteiger partial charge in [-0.1, -0.05) is 12.1 Å². The molecule has 1 amide bonds. The predicted octanol–water partition coefficient (Wildman–Crippen LogP) is 3.29. The third-order valence-corrected chi connectivity index (χ3v) is 4.10. The maximum absolute atomic E-state index is 11.7. The lowest BCUT2D eigenvalue weighted by atomic mass is 9.96. The summed E-state index contributed by atoms with van der Waals surface area (Å²) in [6.45, 7) is 9.18. The minimum atomic E-state index is -0.453. The van der Waals surface area contributed by atoms with Gasteiger partial charge in [-0.15, -0.1) is 0 Å². The number of piperidine rings is 1. The molecule has 0 radical (unpaired) electrons. The molecule has 1 N–H and O–H groups in total. The molecule has 5 nitrogen and oxygen atoms in total. The highest BCUT2D eigenvalue weighted by Gasteiger charge is 2.21. The number of rotatable bonds is 4. The summed E-state index contributed by atoms with van der Waals surface area (Å²) in [4.78, 5) is 14.1. The fourth-order valence-electron chi connectivity index (χ4n) is 2.89. The summed E-state index contributed by atoms with van der Waals surface area (Å²) in [6, 6.07) is 9.97. The van der Waals surface area contributed by atoms with Crippen LogP contribution in [0.2, 0.25) is 0 Å². The summed E-state index contributed by atoms with van der Waals surface area (Å²) in [6.07, 6.45) is 1.79. The molecule has 0 atom stereocenters. The van der Waals surface area contributed by atoms with Gasteiger partial charge in [0.25, 0.3) is 0 Å². The molecular formula is C19H27N3O2. The average Bonchev–Trinajstić information content (AvgIpc) is 2.53. The predicted molar refractivity (Wildman–Crippen MR) is 93.4 cm³/mol. The van der Waals surface area contributed by atoms with E-state index in [4.69, 9.17) is 10.00 Å². The number of amides is 1. The molecule has 0 spiro atoms. The van der Waals surface area contributed by atoms with Crippen molar-refractivity contribution in [1.82, 2.24) is 10.2 Å². The maximum atomic E-state index is 11.7. The Morgan fingerprint density at radius 3 is 2.71 bits per heavy atom. The Hall–Kier alpha value is -2.06. The number of ether oxygens (including phenoxy) is 1. The van der Waals surface area contributed by atoms with Crippen LogP contribution in [0.25, 0.3) is 0 Å². The number of hydrogen-bond acceptors (Lipinski definition) is 4. The van der Waals surface area contributed by atoms with Crippen LogP contribution in [0.3, 0.4) is 0 Å². The summed E-state index contributed by atoms with van der Waals surface area (Å²) in [5.74, 6) is 0.499. The number of benzene rings is 1. The van der Waals surface area contributed by atoms with Crippen LogP contribution < -0.4 is 5.32 Å². The van der Waals surface area contributed by atoms with Crippen LogP contribution in [0, 0.1) is 17.2 Å². The van der Waals surface area contributed by atoms with Crippen LogP contribution in [-0.2, 0) is 11.3 Å². The van der Waals surface area contributed by atoms with E-state index in [9.17, 15) is 4.79 Å². The molecule has 1 fully saturated rings. The van der Waals surface area contributed by atoms with Gasteiger partial charge >= 0.3 is 6.09 Å². The van der Waals surface area contributed by atoms with Gasteiger partial charge in [-0.05, 0) is 70.3 Å². The SMILES string of the molecule is CC(C)(C)OC(=O)NCC1CCN(Cc2cccc(C#N)c2)CC1. The molecular weight excluding hydrogens is 302 g/mol. The van der Waals surface area contributed by atoms with Gasteiger partial charge in [0.1, 0.15) is 5.60 Å². The van der Waals surface area contributed by atoms with Crippen molar-refractivity contribution in [3.63, 3.8) is 0 Å². The van der Waals surface area contributed by atoms with Crippen molar-refractivity contribution < 1.29 is 9.53 Å². The number of nitrogens with one attached hydrogen (secondary N) is 1. The Labute approximate surface area is 144 Å². The van der Waals surface area contributed by atoms with Crippen LogP contribution in [0.15, 0.2) is 24.3 Å². The van der Waals surface area contributed by atoms with Crippen LogP contribution in [0.4, 0.5) is 4.79 Å². The summed E-state index contributed by atoms with van der Waals surface area (Å²) >= 11 is 0. The molecule has 1 aromatic carbocycles. The Kier molecular flexibility index (Phi) is 6.22. The van der Waals surface area contributed by atoms with Gasteiger partial charge in [-0.2, -0.15) is 5.26 Å². The van der Waals surface area contributed by atoms with E-state index in [0.717, 1.165) is 32.5 Å². The number of carbonyl (C=O) groups excluding carboxylic acids is 1. The lowest BCUT2D eigenvalue weighted by Crippen LogP contribution is -2.40. The van der Waals surface area contributed by atoms with Crippen LogP contribution >= 0.6 is 0 Å². The Morgan fingerprint density at radius 2 is 2.08 bits per heavy atom. The van der Waals surface area contributed by atoms with Gasteiger partial charge in [-0.3, -0.25) is 4.90 Å².